The second-order valence-corrected chi connectivity index (χ2v) is 10.1. The molecule has 1 aromatic heterocycles. The molecule has 1 aliphatic rings. The van der Waals surface area contributed by atoms with Gasteiger partial charge in [0, 0.05) is 47.7 Å². The molecule has 0 saturated heterocycles. The first-order chi connectivity index (χ1) is 16.3. The molecule has 1 amide bonds. The number of rotatable bonds is 12. The van der Waals surface area contributed by atoms with Crippen molar-refractivity contribution in [2.75, 3.05) is 0 Å². The van der Waals surface area contributed by atoms with Gasteiger partial charge in [-0.15, -0.1) is 0 Å². The fraction of sp³-hybridized carbons (Fsp3) is 0.571. The monoisotopic (exact) mass is 463 g/mol. The lowest BCUT2D eigenvalue weighted by Crippen LogP contribution is -2.41. The highest BCUT2D eigenvalue weighted by molar-refractivity contribution is 5.95. The summed E-state index contributed by atoms with van der Waals surface area (Å²) in [6.45, 7) is 6.13. The maximum atomic E-state index is 13.5. The van der Waals surface area contributed by atoms with Crippen LogP contribution in [0.25, 0.3) is 10.9 Å². The number of hydrogen-bond donors (Lipinski definition) is 2. The molecular weight excluding hydrogens is 426 g/mol. The molecule has 1 aromatic carbocycles. The molecule has 182 valence electrons. The van der Waals surface area contributed by atoms with Crippen LogP contribution in [0.15, 0.2) is 30.5 Å². The van der Waals surface area contributed by atoms with E-state index in [0.29, 0.717) is 19.3 Å². The van der Waals surface area contributed by atoms with E-state index in [9.17, 15) is 19.6 Å². The molecule has 1 aliphatic carbocycles. The number of aromatic amines is 1. The van der Waals surface area contributed by atoms with Gasteiger partial charge >= 0.3 is 0 Å². The average Bonchev–Trinajstić information content (AvgIpc) is 3.42. The molecule has 4 atom stereocenters. The number of aromatic nitrogens is 1. The fourth-order valence-electron chi connectivity index (χ4n) is 5.25. The number of fused-ring (bicyclic) bond motifs is 1. The Bertz CT molecular complexity index is 1050. The van der Waals surface area contributed by atoms with E-state index in [0.717, 1.165) is 42.1 Å². The quantitative estimate of drug-likeness (QED) is 0.437. The minimum atomic E-state index is -0.704. The first-order valence-corrected chi connectivity index (χ1v) is 12.6. The molecule has 2 aromatic rings. The largest absolute Gasteiger partial charge is 0.361 e. The van der Waals surface area contributed by atoms with Crippen molar-refractivity contribution in [2.24, 2.45) is 17.8 Å². The maximum absolute atomic E-state index is 13.5. The highest BCUT2D eigenvalue weighted by Crippen LogP contribution is 2.32. The summed E-state index contributed by atoms with van der Waals surface area (Å²) in [7, 11) is 0. The molecular formula is C28H37N3O3. The van der Waals surface area contributed by atoms with Gasteiger partial charge in [0.25, 0.3) is 0 Å². The number of para-hydroxylation sites is 1. The topological polar surface area (TPSA) is 103 Å². The summed E-state index contributed by atoms with van der Waals surface area (Å²) in [5, 5.41) is 13.5. The number of ketones is 2. The zero-order valence-electron chi connectivity index (χ0n) is 20.6. The second kappa shape index (κ2) is 12.0. The third kappa shape index (κ3) is 6.34. The summed E-state index contributed by atoms with van der Waals surface area (Å²) >= 11 is 0. The van der Waals surface area contributed by atoms with E-state index in [1.54, 1.807) is 0 Å². The Morgan fingerprint density at radius 2 is 2.03 bits per heavy atom. The average molecular weight is 464 g/mol. The summed E-state index contributed by atoms with van der Waals surface area (Å²) in [5.74, 6) is -0.688. The number of carbonyl (C=O) groups excluding carboxylic acids is 3. The highest BCUT2D eigenvalue weighted by atomic mass is 16.2. The lowest BCUT2D eigenvalue weighted by Gasteiger charge is -2.23. The maximum Gasteiger partial charge on any atom is 0.224 e. The van der Waals surface area contributed by atoms with Crippen LogP contribution >= 0.6 is 0 Å². The molecule has 1 fully saturated rings. The van der Waals surface area contributed by atoms with Gasteiger partial charge in [-0.25, -0.2) is 0 Å². The van der Waals surface area contributed by atoms with E-state index in [2.05, 4.69) is 23.3 Å². The van der Waals surface area contributed by atoms with Gasteiger partial charge in [-0.3, -0.25) is 14.4 Å². The number of Topliss-reactive ketones (excluding diaryl/α,β-unsaturated/α-hetero) is 2. The van der Waals surface area contributed by atoms with Crippen LogP contribution in [0.5, 0.6) is 0 Å². The van der Waals surface area contributed by atoms with E-state index in [1.165, 1.54) is 0 Å². The first-order valence-electron chi connectivity index (χ1n) is 12.6. The number of hydrogen-bond acceptors (Lipinski definition) is 4. The van der Waals surface area contributed by atoms with Crippen LogP contribution in [0.3, 0.4) is 0 Å². The minimum Gasteiger partial charge on any atom is -0.361 e. The Morgan fingerprint density at radius 1 is 1.26 bits per heavy atom. The smallest absolute Gasteiger partial charge is 0.224 e. The van der Waals surface area contributed by atoms with Gasteiger partial charge in [0.1, 0.15) is 17.6 Å². The molecule has 0 radical (unpaired) electrons. The van der Waals surface area contributed by atoms with Crippen LogP contribution in [0, 0.1) is 29.1 Å². The van der Waals surface area contributed by atoms with Crippen LogP contribution < -0.4 is 5.32 Å². The van der Waals surface area contributed by atoms with Crippen molar-refractivity contribution in [2.45, 2.75) is 84.1 Å². The Labute approximate surface area is 202 Å². The molecule has 0 bridgehead atoms. The molecule has 34 heavy (non-hydrogen) atoms. The van der Waals surface area contributed by atoms with Crippen LogP contribution in [-0.4, -0.2) is 28.5 Å². The zero-order chi connectivity index (χ0) is 24.7. The van der Waals surface area contributed by atoms with Crippen LogP contribution in [-0.2, 0) is 14.4 Å². The molecule has 0 spiro atoms. The number of H-pyrrole nitrogens is 1. The van der Waals surface area contributed by atoms with E-state index in [-0.39, 0.29) is 41.6 Å². The van der Waals surface area contributed by atoms with Gasteiger partial charge in [0.2, 0.25) is 5.91 Å². The number of nitrogens with zero attached hydrogens (tertiary/aromatic N) is 1. The number of benzene rings is 1. The van der Waals surface area contributed by atoms with Crippen molar-refractivity contribution in [3.63, 3.8) is 0 Å². The predicted molar refractivity (Wildman–Crippen MR) is 133 cm³/mol. The number of nitrogens with one attached hydrogen (secondary N) is 2. The molecule has 2 N–H and O–H groups in total. The van der Waals surface area contributed by atoms with E-state index >= 15 is 0 Å². The predicted octanol–water partition coefficient (Wildman–Crippen LogP) is 5.44. The molecule has 1 saturated carbocycles. The van der Waals surface area contributed by atoms with Crippen LogP contribution in [0.4, 0.5) is 0 Å². The summed E-state index contributed by atoms with van der Waals surface area (Å²) in [6.07, 6.45) is 6.79. The molecule has 0 aliphatic heterocycles. The standard InChI is InChI=1S/C28H37N3O3/c1-4-8-23(24-17-30-25-11-6-5-10-22(24)25)27(33)15-20(13-18(2)3)28(34)31-21(16-29)14-19-9-7-12-26(19)32/h5-6,10-11,17-21,23,30H,4,7-9,12-15H2,1-3H3,(H,31,34)/t19-,20+,21-,23?/m0/s1. The van der Waals surface area contributed by atoms with Crippen molar-refractivity contribution in [3.8, 4) is 6.07 Å². The van der Waals surface area contributed by atoms with Gasteiger partial charge in [-0.05, 0) is 49.7 Å². The van der Waals surface area contributed by atoms with Gasteiger partial charge in [0.05, 0.1) is 6.07 Å². The zero-order valence-corrected chi connectivity index (χ0v) is 20.6. The van der Waals surface area contributed by atoms with E-state index in [1.807, 2.05) is 44.3 Å². The van der Waals surface area contributed by atoms with Gasteiger partial charge in [0.15, 0.2) is 0 Å². The highest BCUT2D eigenvalue weighted by Gasteiger charge is 2.32. The van der Waals surface area contributed by atoms with Crippen LogP contribution in [0.1, 0.15) is 83.6 Å². The van der Waals surface area contributed by atoms with Crippen molar-refractivity contribution < 1.29 is 14.4 Å². The van der Waals surface area contributed by atoms with E-state index < -0.39 is 12.0 Å². The summed E-state index contributed by atoms with van der Waals surface area (Å²) in [4.78, 5) is 42.0. The summed E-state index contributed by atoms with van der Waals surface area (Å²) in [5.41, 5.74) is 1.99. The second-order valence-electron chi connectivity index (χ2n) is 10.1. The molecule has 6 heteroatoms. The molecule has 6 nitrogen and oxygen atoms in total. The van der Waals surface area contributed by atoms with Crippen LogP contribution in [0.2, 0.25) is 0 Å². The Balaban J connectivity index is 1.74. The SMILES string of the molecule is CCCC(C(=O)C[C@@H](CC(C)C)C(=O)N[C@H](C#N)C[C@@H]1CCCC1=O)c1c[nH]c2ccccc12. The minimum absolute atomic E-state index is 0.0619. The molecule has 1 unspecified atom stereocenters. The molecule has 3 rings (SSSR count). The van der Waals surface area contributed by atoms with Gasteiger partial charge in [-0.2, -0.15) is 5.26 Å². The Hall–Kier alpha value is -2.94. The third-order valence-electron chi connectivity index (χ3n) is 6.96. The third-order valence-corrected chi connectivity index (χ3v) is 6.96. The normalized spacial score (nSPS) is 18.6. The summed E-state index contributed by atoms with van der Waals surface area (Å²) in [6, 6.07) is 9.41. The van der Waals surface area contributed by atoms with Gasteiger partial charge < -0.3 is 10.3 Å². The summed E-state index contributed by atoms with van der Waals surface area (Å²) < 4.78 is 0. The Morgan fingerprint density at radius 3 is 2.68 bits per heavy atom. The fourth-order valence-corrected chi connectivity index (χ4v) is 5.25. The van der Waals surface area contributed by atoms with Crippen molar-refractivity contribution in [1.82, 2.24) is 10.3 Å². The van der Waals surface area contributed by atoms with Crippen molar-refractivity contribution in [3.05, 3.63) is 36.0 Å². The lowest BCUT2D eigenvalue weighted by atomic mass is 9.83. The molecule has 1 heterocycles. The Kier molecular flexibility index (Phi) is 9.04. The van der Waals surface area contributed by atoms with E-state index in [4.69, 9.17) is 0 Å². The first kappa shape index (κ1) is 25.7. The van der Waals surface area contributed by atoms with Gasteiger partial charge in [-0.1, -0.05) is 45.4 Å². The lowest BCUT2D eigenvalue weighted by molar-refractivity contribution is -0.131. The van der Waals surface area contributed by atoms with Crippen molar-refractivity contribution in [1.29, 1.82) is 5.26 Å². The number of carbonyl (C=O) groups is 3. The number of amides is 1. The van der Waals surface area contributed by atoms with Crippen molar-refractivity contribution >= 4 is 28.4 Å². The number of nitriles is 1.